The Morgan fingerprint density at radius 3 is 2.75 bits per heavy atom. The fraction of sp³-hybridized carbons (Fsp3) is 0.105. The second-order valence-electron chi connectivity index (χ2n) is 5.66. The number of anilines is 1. The predicted molar refractivity (Wildman–Crippen MR) is 87.8 cm³/mol. The maximum absolute atomic E-state index is 13.7. The molecule has 4 nitrogen and oxygen atoms in total. The lowest BCUT2D eigenvalue weighted by molar-refractivity contribution is 0.0651. The number of nitrogens with one attached hydrogen (secondary N) is 1. The summed E-state index contributed by atoms with van der Waals surface area (Å²) >= 11 is 0. The zero-order valence-electron chi connectivity index (χ0n) is 12.8. The summed E-state index contributed by atoms with van der Waals surface area (Å²) in [6.07, 6.45) is 1.11. The van der Waals surface area contributed by atoms with Gasteiger partial charge in [0.25, 0.3) is 5.91 Å². The van der Waals surface area contributed by atoms with Crippen molar-refractivity contribution in [3.63, 3.8) is 0 Å². The summed E-state index contributed by atoms with van der Waals surface area (Å²) in [6.45, 7) is 0.300. The van der Waals surface area contributed by atoms with Gasteiger partial charge in [-0.15, -0.1) is 0 Å². The van der Waals surface area contributed by atoms with Crippen LogP contribution in [0.3, 0.4) is 0 Å². The maximum Gasteiger partial charge on any atom is 0.258 e. The minimum Gasteiger partial charge on any atom is -0.467 e. The topological polar surface area (TPSA) is 45.5 Å². The number of para-hydroxylation sites is 1. The molecule has 0 unspecified atom stereocenters. The molecule has 0 saturated carbocycles. The summed E-state index contributed by atoms with van der Waals surface area (Å²) in [5.74, 6) is 0.222. The van der Waals surface area contributed by atoms with Crippen LogP contribution >= 0.6 is 0 Å². The number of hydrogen-bond acceptors (Lipinski definition) is 3. The van der Waals surface area contributed by atoms with Crippen LogP contribution in [0.15, 0.2) is 71.3 Å². The first-order valence-corrected chi connectivity index (χ1v) is 7.67. The number of nitrogens with zero attached hydrogens (tertiary/aromatic N) is 1. The molecule has 0 aliphatic carbocycles. The number of halogens is 1. The van der Waals surface area contributed by atoms with Crippen LogP contribution in [0.1, 0.15) is 27.8 Å². The van der Waals surface area contributed by atoms with E-state index in [4.69, 9.17) is 4.42 Å². The molecule has 1 aromatic heterocycles. The van der Waals surface area contributed by atoms with E-state index in [1.807, 2.05) is 24.3 Å². The van der Waals surface area contributed by atoms with Crippen LogP contribution in [0.2, 0.25) is 0 Å². The molecule has 1 atom stereocenters. The van der Waals surface area contributed by atoms with E-state index >= 15 is 0 Å². The molecule has 1 amide bonds. The fourth-order valence-corrected chi connectivity index (χ4v) is 2.97. The van der Waals surface area contributed by atoms with Crippen LogP contribution < -0.4 is 5.32 Å². The third kappa shape index (κ3) is 2.54. The molecule has 1 aliphatic heterocycles. The standard InChI is InChI=1S/C19H15FN2O2/c20-14-6-3-5-13(11-14)18-21-17-9-2-1-8-16(17)19(23)22(18)12-15-7-4-10-24-15/h1-11,18,21H,12H2/t18-/m0/s1. The highest BCUT2D eigenvalue weighted by atomic mass is 19.1. The van der Waals surface area contributed by atoms with Crippen molar-refractivity contribution in [1.82, 2.24) is 4.90 Å². The average molecular weight is 322 g/mol. The molecule has 5 heteroatoms. The van der Waals surface area contributed by atoms with E-state index < -0.39 is 6.17 Å². The summed E-state index contributed by atoms with van der Waals surface area (Å²) in [5, 5.41) is 3.33. The minimum atomic E-state index is -0.465. The van der Waals surface area contributed by atoms with Crippen LogP contribution in [0, 0.1) is 5.82 Å². The van der Waals surface area contributed by atoms with Crippen LogP contribution in [0.5, 0.6) is 0 Å². The molecule has 3 aromatic rings. The Balaban J connectivity index is 1.78. The van der Waals surface area contributed by atoms with Crippen molar-refractivity contribution in [2.75, 3.05) is 5.32 Å². The smallest absolute Gasteiger partial charge is 0.258 e. The van der Waals surface area contributed by atoms with Gasteiger partial charge in [0.2, 0.25) is 0 Å². The number of hydrogen-bond donors (Lipinski definition) is 1. The molecule has 1 aliphatic rings. The molecule has 0 saturated heterocycles. The third-order valence-corrected chi connectivity index (χ3v) is 4.09. The fourth-order valence-electron chi connectivity index (χ4n) is 2.97. The van der Waals surface area contributed by atoms with E-state index in [9.17, 15) is 9.18 Å². The highest BCUT2D eigenvalue weighted by Crippen LogP contribution is 2.34. The normalized spacial score (nSPS) is 16.6. The molecule has 0 fully saturated rings. The van der Waals surface area contributed by atoms with Gasteiger partial charge in [-0.1, -0.05) is 24.3 Å². The number of furan rings is 1. The summed E-state index contributed by atoms with van der Waals surface area (Å²) in [6, 6.07) is 17.2. The van der Waals surface area contributed by atoms with Crippen molar-refractivity contribution in [3.8, 4) is 0 Å². The lowest BCUT2D eigenvalue weighted by atomic mass is 10.0. The van der Waals surface area contributed by atoms with Gasteiger partial charge in [0, 0.05) is 5.69 Å². The van der Waals surface area contributed by atoms with E-state index in [1.165, 1.54) is 12.1 Å². The van der Waals surface area contributed by atoms with Gasteiger partial charge in [0.05, 0.1) is 18.4 Å². The Hall–Kier alpha value is -3.08. The van der Waals surface area contributed by atoms with Gasteiger partial charge < -0.3 is 14.6 Å². The van der Waals surface area contributed by atoms with Crippen molar-refractivity contribution in [2.45, 2.75) is 12.7 Å². The summed E-state index contributed by atoms with van der Waals surface area (Å²) in [7, 11) is 0. The van der Waals surface area contributed by atoms with Gasteiger partial charge in [-0.25, -0.2) is 4.39 Å². The number of carbonyl (C=O) groups excluding carboxylic acids is 1. The van der Waals surface area contributed by atoms with E-state index in [0.29, 0.717) is 23.4 Å². The van der Waals surface area contributed by atoms with Gasteiger partial charge in [0.15, 0.2) is 0 Å². The molecular formula is C19H15FN2O2. The number of fused-ring (bicyclic) bond motifs is 1. The van der Waals surface area contributed by atoms with Gasteiger partial charge in [-0.3, -0.25) is 4.79 Å². The SMILES string of the molecule is O=C1c2ccccc2N[C@H](c2cccc(F)c2)N1Cc1ccco1. The molecular weight excluding hydrogens is 307 g/mol. The van der Waals surface area contributed by atoms with Crippen LogP contribution in [-0.2, 0) is 6.54 Å². The summed E-state index contributed by atoms with van der Waals surface area (Å²) in [4.78, 5) is 14.6. The monoisotopic (exact) mass is 322 g/mol. The maximum atomic E-state index is 13.7. The van der Waals surface area contributed by atoms with Crippen molar-refractivity contribution >= 4 is 11.6 Å². The van der Waals surface area contributed by atoms with Crippen molar-refractivity contribution in [1.29, 1.82) is 0 Å². The number of benzene rings is 2. The van der Waals surface area contributed by atoms with E-state index in [-0.39, 0.29) is 11.7 Å². The second kappa shape index (κ2) is 5.85. The molecule has 2 aromatic carbocycles. The lowest BCUT2D eigenvalue weighted by Gasteiger charge is -2.37. The van der Waals surface area contributed by atoms with E-state index in [2.05, 4.69) is 5.32 Å². The Morgan fingerprint density at radius 2 is 1.96 bits per heavy atom. The Kier molecular flexibility index (Phi) is 3.54. The molecule has 1 N–H and O–H groups in total. The Bertz CT molecular complexity index is 877. The van der Waals surface area contributed by atoms with Crippen molar-refractivity contribution in [3.05, 3.63) is 89.6 Å². The largest absolute Gasteiger partial charge is 0.467 e. The first-order valence-electron chi connectivity index (χ1n) is 7.67. The average Bonchev–Trinajstić information content (AvgIpc) is 3.10. The van der Waals surface area contributed by atoms with Gasteiger partial charge in [0.1, 0.15) is 17.7 Å². The Labute approximate surface area is 138 Å². The van der Waals surface area contributed by atoms with Crippen molar-refractivity contribution in [2.24, 2.45) is 0 Å². The first kappa shape index (κ1) is 14.5. The quantitative estimate of drug-likeness (QED) is 0.786. The predicted octanol–water partition coefficient (Wildman–Crippen LogP) is 4.19. The molecule has 0 bridgehead atoms. The van der Waals surface area contributed by atoms with Crippen LogP contribution in [0.4, 0.5) is 10.1 Å². The summed E-state index contributed by atoms with van der Waals surface area (Å²) in [5.41, 5.74) is 2.02. The van der Waals surface area contributed by atoms with E-state index in [1.54, 1.807) is 35.4 Å². The number of carbonyl (C=O) groups is 1. The first-order chi connectivity index (χ1) is 11.7. The van der Waals surface area contributed by atoms with Crippen molar-refractivity contribution < 1.29 is 13.6 Å². The highest BCUT2D eigenvalue weighted by Gasteiger charge is 2.33. The molecule has 4 rings (SSSR count). The lowest BCUT2D eigenvalue weighted by Crippen LogP contribution is -2.42. The molecule has 2 heterocycles. The number of amides is 1. The van der Waals surface area contributed by atoms with Gasteiger partial charge in [-0.05, 0) is 42.0 Å². The number of rotatable bonds is 3. The molecule has 120 valence electrons. The van der Waals surface area contributed by atoms with E-state index in [0.717, 1.165) is 5.69 Å². The van der Waals surface area contributed by atoms with Crippen LogP contribution in [-0.4, -0.2) is 10.8 Å². The Morgan fingerprint density at radius 1 is 1.08 bits per heavy atom. The van der Waals surface area contributed by atoms with Gasteiger partial charge in [-0.2, -0.15) is 0 Å². The molecule has 0 radical (unpaired) electrons. The van der Waals surface area contributed by atoms with Crippen LogP contribution in [0.25, 0.3) is 0 Å². The second-order valence-corrected chi connectivity index (χ2v) is 5.66. The molecule has 0 spiro atoms. The van der Waals surface area contributed by atoms with Gasteiger partial charge >= 0.3 is 0 Å². The summed E-state index contributed by atoms with van der Waals surface area (Å²) < 4.78 is 19.1. The highest BCUT2D eigenvalue weighted by molar-refractivity contribution is 6.01. The zero-order valence-corrected chi connectivity index (χ0v) is 12.8. The minimum absolute atomic E-state index is 0.116. The molecule has 24 heavy (non-hydrogen) atoms. The third-order valence-electron chi connectivity index (χ3n) is 4.09. The zero-order chi connectivity index (χ0) is 16.5.